The average Bonchev–Trinajstić information content (AvgIpc) is 2.81. The summed E-state index contributed by atoms with van der Waals surface area (Å²) < 4.78 is 18.8. The van der Waals surface area contributed by atoms with E-state index in [4.69, 9.17) is 4.74 Å². The van der Waals surface area contributed by atoms with E-state index in [2.05, 4.69) is 30.5 Å². The van der Waals surface area contributed by atoms with Gasteiger partial charge >= 0.3 is 0 Å². The minimum Gasteiger partial charge on any atom is -0.494 e. The maximum absolute atomic E-state index is 13.7. The van der Waals surface area contributed by atoms with Gasteiger partial charge in [-0.1, -0.05) is 6.07 Å². The SMILES string of the molecule is COc1cc(-c2cc(NC(=O)C(c3cccnc3)N3CCNCC3)ncn2)ccc1F. The molecule has 3 aromatic rings. The number of carbonyl (C=O) groups is 1. The second-order valence-corrected chi connectivity index (χ2v) is 7.10. The molecule has 1 aromatic carbocycles. The van der Waals surface area contributed by atoms with Gasteiger partial charge in [-0.05, 0) is 29.8 Å². The molecule has 1 fully saturated rings. The Kier molecular flexibility index (Phi) is 6.44. The van der Waals surface area contributed by atoms with Gasteiger partial charge in [-0.15, -0.1) is 0 Å². The summed E-state index contributed by atoms with van der Waals surface area (Å²) in [5.41, 5.74) is 2.02. The van der Waals surface area contributed by atoms with Gasteiger partial charge in [0.2, 0.25) is 5.91 Å². The number of carbonyl (C=O) groups excluding carboxylic acids is 1. The minimum atomic E-state index is -0.486. The lowest BCUT2D eigenvalue weighted by molar-refractivity contribution is -0.121. The molecule has 0 radical (unpaired) electrons. The van der Waals surface area contributed by atoms with Crippen molar-refractivity contribution in [3.8, 4) is 17.0 Å². The molecular formula is C22H23FN6O2. The van der Waals surface area contributed by atoms with Gasteiger partial charge in [-0.2, -0.15) is 0 Å². The summed E-state index contributed by atoms with van der Waals surface area (Å²) in [4.78, 5) is 28.0. The molecule has 0 bridgehead atoms. The largest absolute Gasteiger partial charge is 0.494 e. The fourth-order valence-corrected chi connectivity index (χ4v) is 3.60. The van der Waals surface area contributed by atoms with Crippen molar-refractivity contribution in [2.75, 3.05) is 38.6 Å². The van der Waals surface area contributed by atoms with E-state index in [0.29, 0.717) is 17.1 Å². The molecule has 1 atom stereocenters. The van der Waals surface area contributed by atoms with E-state index in [-0.39, 0.29) is 11.7 Å². The Labute approximate surface area is 179 Å². The van der Waals surface area contributed by atoms with Gasteiger partial charge in [-0.25, -0.2) is 14.4 Å². The van der Waals surface area contributed by atoms with Crippen LogP contribution in [0.3, 0.4) is 0 Å². The minimum absolute atomic E-state index is 0.122. The van der Waals surface area contributed by atoms with Crippen molar-refractivity contribution in [2.45, 2.75) is 6.04 Å². The molecule has 1 aliphatic heterocycles. The first-order valence-electron chi connectivity index (χ1n) is 9.97. The fourth-order valence-electron chi connectivity index (χ4n) is 3.60. The van der Waals surface area contributed by atoms with Crippen molar-refractivity contribution >= 4 is 11.7 Å². The van der Waals surface area contributed by atoms with Crippen molar-refractivity contribution in [3.63, 3.8) is 0 Å². The molecule has 2 aromatic heterocycles. The van der Waals surface area contributed by atoms with Crippen LogP contribution in [0.5, 0.6) is 5.75 Å². The zero-order valence-corrected chi connectivity index (χ0v) is 17.1. The highest BCUT2D eigenvalue weighted by Crippen LogP contribution is 2.27. The Balaban J connectivity index is 1.58. The molecular weight excluding hydrogens is 399 g/mol. The molecule has 9 heteroatoms. The van der Waals surface area contributed by atoms with E-state index in [1.54, 1.807) is 30.6 Å². The van der Waals surface area contributed by atoms with Crippen LogP contribution < -0.4 is 15.4 Å². The second-order valence-electron chi connectivity index (χ2n) is 7.10. The highest BCUT2D eigenvalue weighted by atomic mass is 19.1. The lowest BCUT2D eigenvalue weighted by Gasteiger charge is -2.34. The molecule has 0 saturated carbocycles. The van der Waals surface area contributed by atoms with E-state index in [1.807, 2.05) is 12.1 Å². The fraction of sp³-hybridized carbons (Fsp3) is 0.273. The zero-order valence-electron chi connectivity index (χ0n) is 17.1. The van der Waals surface area contributed by atoms with Crippen LogP contribution in [-0.4, -0.2) is 59.0 Å². The number of anilines is 1. The van der Waals surface area contributed by atoms with Crippen LogP contribution in [-0.2, 0) is 4.79 Å². The third-order valence-corrected chi connectivity index (χ3v) is 5.13. The summed E-state index contributed by atoms with van der Waals surface area (Å²) in [5.74, 6) is -0.167. The maximum Gasteiger partial charge on any atom is 0.247 e. The van der Waals surface area contributed by atoms with E-state index in [1.165, 1.54) is 19.5 Å². The molecule has 4 rings (SSSR count). The summed E-state index contributed by atoms with van der Waals surface area (Å²) in [6, 6.07) is 9.37. The summed E-state index contributed by atoms with van der Waals surface area (Å²) in [6.45, 7) is 3.12. The Hall–Kier alpha value is -3.43. The standard InChI is InChI=1S/C22H23FN6O2/c1-31-19-11-15(4-5-17(19)23)18-12-20(27-14-26-18)28-22(30)21(16-3-2-6-25-13-16)29-9-7-24-8-10-29/h2-6,11-14,21,24H,7-10H2,1H3,(H,26,27,28,30). The van der Waals surface area contributed by atoms with Crippen LogP contribution in [0.4, 0.5) is 10.2 Å². The Morgan fingerprint density at radius 1 is 1.23 bits per heavy atom. The van der Waals surface area contributed by atoms with Gasteiger partial charge in [0.15, 0.2) is 11.6 Å². The Morgan fingerprint density at radius 2 is 2.06 bits per heavy atom. The molecule has 31 heavy (non-hydrogen) atoms. The predicted octanol–water partition coefficient (Wildman–Crippen LogP) is 2.27. The molecule has 2 N–H and O–H groups in total. The van der Waals surface area contributed by atoms with E-state index in [9.17, 15) is 9.18 Å². The number of hydrogen-bond acceptors (Lipinski definition) is 7. The lowest BCUT2D eigenvalue weighted by atomic mass is 10.1. The molecule has 160 valence electrons. The molecule has 1 aliphatic rings. The Bertz CT molecular complexity index is 1040. The van der Waals surface area contributed by atoms with Crippen LogP contribution in [0.2, 0.25) is 0 Å². The molecule has 3 heterocycles. The van der Waals surface area contributed by atoms with Crippen LogP contribution in [0.15, 0.2) is 55.1 Å². The number of hydrogen-bond donors (Lipinski definition) is 2. The van der Waals surface area contributed by atoms with Crippen LogP contribution in [0.1, 0.15) is 11.6 Å². The Morgan fingerprint density at radius 3 is 2.81 bits per heavy atom. The number of ether oxygens (including phenoxy) is 1. The zero-order chi connectivity index (χ0) is 21.6. The third kappa shape index (κ3) is 4.84. The molecule has 0 spiro atoms. The van der Waals surface area contributed by atoms with Crippen LogP contribution in [0.25, 0.3) is 11.3 Å². The molecule has 1 amide bonds. The number of nitrogens with zero attached hydrogens (tertiary/aromatic N) is 4. The van der Waals surface area contributed by atoms with Gasteiger partial charge < -0.3 is 15.4 Å². The van der Waals surface area contributed by atoms with Crippen molar-refractivity contribution in [2.24, 2.45) is 0 Å². The number of amides is 1. The monoisotopic (exact) mass is 422 g/mol. The van der Waals surface area contributed by atoms with Crippen LogP contribution in [0, 0.1) is 5.82 Å². The average molecular weight is 422 g/mol. The van der Waals surface area contributed by atoms with Gasteiger partial charge in [-0.3, -0.25) is 14.7 Å². The summed E-state index contributed by atoms with van der Waals surface area (Å²) >= 11 is 0. The number of rotatable bonds is 6. The van der Waals surface area contributed by atoms with Crippen molar-refractivity contribution in [3.05, 3.63) is 66.5 Å². The molecule has 8 nitrogen and oxygen atoms in total. The summed E-state index contributed by atoms with van der Waals surface area (Å²) in [5, 5.41) is 6.20. The van der Waals surface area contributed by atoms with E-state index < -0.39 is 11.9 Å². The lowest BCUT2D eigenvalue weighted by Crippen LogP contribution is -2.48. The van der Waals surface area contributed by atoms with Gasteiger partial charge in [0.25, 0.3) is 0 Å². The number of pyridine rings is 1. The number of aromatic nitrogens is 3. The topological polar surface area (TPSA) is 92.3 Å². The molecule has 1 saturated heterocycles. The van der Waals surface area contributed by atoms with Gasteiger partial charge in [0.05, 0.1) is 12.8 Å². The number of benzene rings is 1. The molecule has 0 aliphatic carbocycles. The number of halogens is 1. The van der Waals surface area contributed by atoms with Crippen molar-refractivity contribution in [1.29, 1.82) is 0 Å². The smallest absolute Gasteiger partial charge is 0.247 e. The predicted molar refractivity (Wildman–Crippen MR) is 114 cm³/mol. The van der Waals surface area contributed by atoms with Crippen molar-refractivity contribution < 1.29 is 13.9 Å². The summed E-state index contributed by atoms with van der Waals surface area (Å²) in [6.07, 6.45) is 4.76. The number of piperazine rings is 1. The second kappa shape index (κ2) is 9.59. The first kappa shape index (κ1) is 20.8. The normalized spacial score (nSPS) is 15.3. The third-order valence-electron chi connectivity index (χ3n) is 5.13. The summed E-state index contributed by atoms with van der Waals surface area (Å²) in [7, 11) is 1.41. The van der Waals surface area contributed by atoms with E-state index in [0.717, 1.165) is 31.7 Å². The van der Waals surface area contributed by atoms with Crippen molar-refractivity contribution in [1.82, 2.24) is 25.2 Å². The number of methoxy groups -OCH3 is 1. The van der Waals surface area contributed by atoms with Gasteiger partial charge in [0.1, 0.15) is 18.2 Å². The quantitative estimate of drug-likeness (QED) is 0.630. The number of nitrogens with one attached hydrogen (secondary N) is 2. The first-order chi connectivity index (χ1) is 15.2. The van der Waals surface area contributed by atoms with Crippen LogP contribution >= 0.6 is 0 Å². The first-order valence-corrected chi connectivity index (χ1v) is 9.97. The van der Waals surface area contributed by atoms with E-state index >= 15 is 0 Å². The maximum atomic E-state index is 13.7. The highest BCUT2D eigenvalue weighted by molar-refractivity contribution is 5.95. The molecule has 1 unspecified atom stereocenters. The van der Waals surface area contributed by atoms with Gasteiger partial charge in [0, 0.05) is 50.2 Å². The highest BCUT2D eigenvalue weighted by Gasteiger charge is 2.29.